The van der Waals surface area contributed by atoms with E-state index in [4.69, 9.17) is 27.6 Å². The summed E-state index contributed by atoms with van der Waals surface area (Å²) in [6, 6.07) is 9.36. The van der Waals surface area contributed by atoms with E-state index in [0.717, 1.165) is 11.6 Å². The molecule has 2 aromatic carbocycles. The van der Waals surface area contributed by atoms with Crippen molar-refractivity contribution in [3.05, 3.63) is 58.1 Å². The average molecular weight is 355 g/mol. The Morgan fingerprint density at radius 1 is 1.13 bits per heavy atom. The molecule has 0 aliphatic heterocycles. The van der Waals surface area contributed by atoms with E-state index in [1.165, 1.54) is 6.07 Å². The van der Waals surface area contributed by atoms with Crippen LogP contribution in [0, 0.1) is 0 Å². The lowest BCUT2D eigenvalue weighted by atomic mass is 10.0. The highest BCUT2D eigenvalue weighted by atomic mass is 35.5. The summed E-state index contributed by atoms with van der Waals surface area (Å²) in [5, 5.41) is 14.8. The first-order chi connectivity index (χ1) is 10.7. The van der Waals surface area contributed by atoms with Gasteiger partial charge in [0.1, 0.15) is 0 Å². The molecule has 0 atom stereocenters. The van der Waals surface area contributed by atoms with E-state index in [0.29, 0.717) is 23.4 Å². The Labute approximate surface area is 138 Å². The second kappa shape index (κ2) is 6.57. The van der Waals surface area contributed by atoms with Crippen LogP contribution >= 0.6 is 11.6 Å². The summed E-state index contributed by atoms with van der Waals surface area (Å²) >= 11 is 5.81. The van der Waals surface area contributed by atoms with Crippen LogP contribution in [0.4, 0.5) is 5.69 Å². The van der Waals surface area contributed by atoms with Crippen molar-refractivity contribution in [3.63, 3.8) is 0 Å². The van der Waals surface area contributed by atoms with Gasteiger partial charge in [-0.05, 0) is 48.2 Å². The third kappa shape index (κ3) is 4.22. The minimum Gasteiger partial charge on any atom is -0.478 e. The molecule has 0 saturated carbocycles. The summed E-state index contributed by atoms with van der Waals surface area (Å²) in [4.78, 5) is 10.8. The van der Waals surface area contributed by atoms with Crippen molar-refractivity contribution < 1.29 is 18.3 Å². The maximum Gasteiger partial charge on any atom is 0.335 e. The number of nitrogen functional groups attached to an aromatic ring is 1. The zero-order valence-electron chi connectivity index (χ0n) is 12.0. The van der Waals surface area contributed by atoms with Crippen LogP contribution in [-0.2, 0) is 22.9 Å². The highest BCUT2D eigenvalue weighted by Crippen LogP contribution is 2.25. The number of nitrogens with two attached hydrogens (primary N) is 2. The molecule has 2 rings (SSSR count). The molecule has 5 N–H and O–H groups in total. The number of carbonyl (C=O) groups is 1. The lowest BCUT2D eigenvalue weighted by Crippen LogP contribution is -2.17. The fourth-order valence-electron chi connectivity index (χ4n) is 2.23. The number of carboxylic acids is 1. The standard InChI is InChI=1S/C15H15ClN2O4S/c16-11-4-1-9(2-5-11)3-6-12-13(17)7-10(15(19)20)8-14(12)23(18,21)22/h1-2,4-5,7-8H,3,6,17H2,(H,19,20)(H2,18,21,22). The maximum absolute atomic E-state index is 11.7. The van der Waals surface area contributed by atoms with Gasteiger partial charge in [0.15, 0.2) is 0 Å². The number of aromatic carboxylic acids is 1. The fraction of sp³-hybridized carbons (Fsp3) is 0.133. The topological polar surface area (TPSA) is 123 Å². The predicted octanol–water partition coefficient (Wildman–Crippen LogP) is 2.05. The normalized spacial score (nSPS) is 11.4. The zero-order chi connectivity index (χ0) is 17.2. The van der Waals surface area contributed by atoms with Crippen LogP contribution in [0.25, 0.3) is 0 Å². The molecular formula is C15H15ClN2O4S. The van der Waals surface area contributed by atoms with Crippen LogP contribution in [0.1, 0.15) is 21.5 Å². The van der Waals surface area contributed by atoms with E-state index in [1.807, 2.05) is 12.1 Å². The van der Waals surface area contributed by atoms with Crippen LogP contribution in [0.2, 0.25) is 5.02 Å². The molecule has 6 nitrogen and oxygen atoms in total. The van der Waals surface area contributed by atoms with Gasteiger partial charge in [0.25, 0.3) is 0 Å². The van der Waals surface area contributed by atoms with E-state index in [-0.39, 0.29) is 16.1 Å². The summed E-state index contributed by atoms with van der Waals surface area (Å²) in [6.07, 6.45) is 0.815. The van der Waals surface area contributed by atoms with Gasteiger partial charge in [-0.1, -0.05) is 23.7 Å². The Hall–Kier alpha value is -2.09. The van der Waals surface area contributed by atoms with Gasteiger partial charge in [-0.3, -0.25) is 0 Å². The summed E-state index contributed by atoms with van der Waals surface area (Å²) in [5.41, 5.74) is 6.96. The second-order valence-electron chi connectivity index (χ2n) is 5.02. The smallest absolute Gasteiger partial charge is 0.335 e. The molecule has 8 heteroatoms. The van der Waals surface area contributed by atoms with Crippen LogP contribution < -0.4 is 10.9 Å². The molecule has 0 aliphatic carbocycles. The maximum atomic E-state index is 11.7. The number of primary sulfonamides is 1. The van der Waals surface area contributed by atoms with Gasteiger partial charge in [0, 0.05) is 10.7 Å². The monoisotopic (exact) mass is 354 g/mol. The van der Waals surface area contributed by atoms with Crippen LogP contribution in [0.5, 0.6) is 0 Å². The molecule has 0 heterocycles. The number of aryl methyl sites for hydroxylation is 1. The van der Waals surface area contributed by atoms with Crippen LogP contribution in [0.3, 0.4) is 0 Å². The van der Waals surface area contributed by atoms with E-state index in [1.54, 1.807) is 12.1 Å². The number of benzene rings is 2. The summed E-state index contributed by atoms with van der Waals surface area (Å²) in [7, 11) is -4.09. The molecule has 122 valence electrons. The van der Waals surface area contributed by atoms with Crippen molar-refractivity contribution in [2.45, 2.75) is 17.7 Å². The molecule has 23 heavy (non-hydrogen) atoms. The van der Waals surface area contributed by atoms with Gasteiger partial charge in [-0.15, -0.1) is 0 Å². The molecule has 0 fully saturated rings. The fourth-order valence-corrected chi connectivity index (χ4v) is 3.21. The predicted molar refractivity (Wildman–Crippen MR) is 88.0 cm³/mol. The number of anilines is 1. The van der Waals surface area contributed by atoms with E-state index in [9.17, 15) is 13.2 Å². The van der Waals surface area contributed by atoms with Crippen LogP contribution in [-0.4, -0.2) is 19.5 Å². The van der Waals surface area contributed by atoms with Gasteiger partial charge >= 0.3 is 5.97 Å². The Balaban J connectivity index is 2.40. The van der Waals surface area contributed by atoms with Crippen molar-refractivity contribution in [1.82, 2.24) is 0 Å². The number of sulfonamides is 1. The van der Waals surface area contributed by atoms with E-state index < -0.39 is 16.0 Å². The molecule has 0 amide bonds. The molecule has 2 aromatic rings. The lowest BCUT2D eigenvalue weighted by molar-refractivity contribution is 0.0696. The number of carboxylic acid groups (broad SMARTS) is 1. The van der Waals surface area contributed by atoms with E-state index >= 15 is 0 Å². The van der Waals surface area contributed by atoms with Crippen molar-refractivity contribution in [1.29, 1.82) is 0 Å². The average Bonchev–Trinajstić information content (AvgIpc) is 2.45. The van der Waals surface area contributed by atoms with Crippen molar-refractivity contribution in [3.8, 4) is 0 Å². The lowest BCUT2D eigenvalue weighted by Gasteiger charge is -2.12. The van der Waals surface area contributed by atoms with Gasteiger partial charge in [0.05, 0.1) is 10.5 Å². The largest absolute Gasteiger partial charge is 0.478 e. The first-order valence-electron chi connectivity index (χ1n) is 6.61. The number of hydrogen-bond acceptors (Lipinski definition) is 4. The van der Waals surface area contributed by atoms with E-state index in [2.05, 4.69) is 0 Å². The van der Waals surface area contributed by atoms with Crippen molar-refractivity contribution in [2.24, 2.45) is 5.14 Å². The summed E-state index contributed by atoms with van der Waals surface area (Å²) in [5.74, 6) is -1.27. The third-order valence-corrected chi connectivity index (χ3v) is 4.60. The highest BCUT2D eigenvalue weighted by Gasteiger charge is 2.20. The Morgan fingerprint density at radius 3 is 2.26 bits per heavy atom. The molecule has 0 spiro atoms. The van der Waals surface area contributed by atoms with Gasteiger partial charge in [-0.2, -0.15) is 0 Å². The quantitative estimate of drug-likeness (QED) is 0.709. The molecule has 0 radical (unpaired) electrons. The SMILES string of the molecule is Nc1cc(C(=O)O)cc(S(N)(=O)=O)c1CCc1ccc(Cl)cc1. The zero-order valence-corrected chi connectivity index (χ0v) is 13.6. The first-order valence-corrected chi connectivity index (χ1v) is 8.54. The minimum atomic E-state index is -4.09. The van der Waals surface area contributed by atoms with Gasteiger partial charge in [0.2, 0.25) is 10.0 Å². The second-order valence-corrected chi connectivity index (χ2v) is 6.99. The minimum absolute atomic E-state index is 0.0860. The molecule has 0 bridgehead atoms. The Bertz CT molecular complexity index is 849. The molecule has 0 aliphatic rings. The van der Waals surface area contributed by atoms with Gasteiger partial charge < -0.3 is 10.8 Å². The molecule has 0 unspecified atom stereocenters. The molecule has 0 saturated heterocycles. The molecule has 0 aromatic heterocycles. The Kier molecular flexibility index (Phi) is 4.93. The number of rotatable bonds is 5. The Morgan fingerprint density at radius 2 is 1.74 bits per heavy atom. The highest BCUT2D eigenvalue weighted by molar-refractivity contribution is 7.89. The molecular weight excluding hydrogens is 340 g/mol. The van der Waals surface area contributed by atoms with Crippen LogP contribution in [0.15, 0.2) is 41.3 Å². The number of hydrogen-bond donors (Lipinski definition) is 3. The van der Waals surface area contributed by atoms with Crippen molar-refractivity contribution in [2.75, 3.05) is 5.73 Å². The third-order valence-electron chi connectivity index (χ3n) is 3.37. The summed E-state index contributed by atoms with van der Waals surface area (Å²) in [6.45, 7) is 0. The van der Waals surface area contributed by atoms with Crippen molar-refractivity contribution >= 4 is 33.3 Å². The first kappa shape index (κ1) is 17.3. The summed E-state index contributed by atoms with van der Waals surface area (Å²) < 4.78 is 23.5. The van der Waals surface area contributed by atoms with Gasteiger partial charge in [-0.25, -0.2) is 18.4 Å². The number of halogens is 1.